The zero-order valence-electron chi connectivity index (χ0n) is 16.4. The summed E-state index contributed by atoms with van der Waals surface area (Å²) in [6, 6.07) is 10.2. The number of benzene rings is 1. The van der Waals surface area contributed by atoms with E-state index in [9.17, 15) is 9.18 Å². The fourth-order valence-electron chi connectivity index (χ4n) is 2.70. The van der Waals surface area contributed by atoms with Crippen LogP contribution in [0.15, 0.2) is 47.1 Å². The summed E-state index contributed by atoms with van der Waals surface area (Å²) in [6.45, 7) is 5.03. The van der Waals surface area contributed by atoms with Crippen molar-refractivity contribution in [3.05, 3.63) is 70.4 Å². The maximum atomic E-state index is 13.8. The van der Waals surface area contributed by atoms with Crippen molar-refractivity contribution in [2.45, 2.75) is 26.9 Å². The van der Waals surface area contributed by atoms with Gasteiger partial charge in [-0.25, -0.2) is 14.2 Å². The van der Waals surface area contributed by atoms with Gasteiger partial charge in [-0.15, -0.1) is 11.3 Å². The average Bonchev–Trinajstić information content (AvgIpc) is 3.38. The maximum Gasteiger partial charge on any atom is 0.351 e. The first-order chi connectivity index (χ1) is 14.4. The first kappa shape index (κ1) is 19.8. The lowest BCUT2D eigenvalue weighted by atomic mass is 10.1. The molecule has 4 aromatic rings. The molecule has 0 bridgehead atoms. The van der Waals surface area contributed by atoms with E-state index < -0.39 is 12.1 Å². The van der Waals surface area contributed by atoms with E-state index in [1.54, 1.807) is 39.1 Å². The number of carbonyl (C=O) groups excluding carboxylic acids is 1. The van der Waals surface area contributed by atoms with Crippen LogP contribution in [0.25, 0.3) is 22.1 Å². The summed E-state index contributed by atoms with van der Waals surface area (Å²) in [5.74, 6) is -0.562. The quantitative estimate of drug-likeness (QED) is 0.420. The molecule has 0 fully saturated rings. The Morgan fingerprint density at radius 2 is 2.03 bits per heavy atom. The fourth-order valence-corrected chi connectivity index (χ4v) is 3.62. The predicted octanol–water partition coefficient (Wildman–Crippen LogP) is 4.93. The molecule has 0 aliphatic carbocycles. The second kappa shape index (κ2) is 8.11. The minimum atomic E-state index is -0.783. The number of ether oxygens (including phenoxy) is 1. The first-order valence-corrected chi connectivity index (χ1v) is 9.94. The van der Waals surface area contributed by atoms with E-state index in [4.69, 9.17) is 9.26 Å². The van der Waals surface area contributed by atoms with Crippen molar-refractivity contribution in [3.8, 4) is 22.1 Å². The van der Waals surface area contributed by atoms with Crippen LogP contribution in [0, 0.1) is 19.7 Å². The minimum Gasteiger partial charge on any atom is -0.448 e. The molecule has 0 spiro atoms. The third kappa shape index (κ3) is 3.97. The SMILES string of the molecule is Cc1ccc(-c2noc([C@H](C)OC(=O)c3sc(-c4ccccn4)nc3C)n2)cc1F. The van der Waals surface area contributed by atoms with Crippen LogP contribution in [0.4, 0.5) is 4.39 Å². The summed E-state index contributed by atoms with van der Waals surface area (Å²) in [6.07, 6.45) is 0.882. The summed E-state index contributed by atoms with van der Waals surface area (Å²) in [4.78, 5) is 25.9. The van der Waals surface area contributed by atoms with Gasteiger partial charge in [0, 0.05) is 11.8 Å². The summed E-state index contributed by atoms with van der Waals surface area (Å²) >= 11 is 1.21. The molecule has 0 aliphatic rings. The molecule has 0 aliphatic heterocycles. The molecule has 3 aromatic heterocycles. The van der Waals surface area contributed by atoms with Crippen molar-refractivity contribution in [3.63, 3.8) is 0 Å². The second-order valence-corrected chi connectivity index (χ2v) is 7.62. The van der Waals surface area contributed by atoms with Gasteiger partial charge in [0.1, 0.15) is 15.7 Å². The average molecular weight is 424 g/mol. The molecule has 9 heteroatoms. The standard InChI is InChI=1S/C21H17FN4O3S/c1-11-7-8-14(10-15(11)22)18-25-19(29-26-18)13(3)28-21(27)17-12(2)24-20(30-17)16-6-4-5-9-23-16/h4-10,13H,1-3H3/t13-/m0/s1. The smallest absolute Gasteiger partial charge is 0.351 e. The van der Waals surface area contributed by atoms with Crippen molar-refractivity contribution in [1.29, 1.82) is 0 Å². The molecule has 0 amide bonds. The van der Waals surface area contributed by atoms with Crippen LogP contribution in [0.5, 0.6) is 0 Å². The van der Waals surface area contributed by atoms with Crippen molar-refractivity contribution in [1.82, 2.24) is 20.1 Å². The van der Waals surface area contributed by atoms with E-state index in [2.05, 4.69) is 20.1 Å². The molecule has 152 valence electrons. The minimum absolute atomic E-state index is 0.117. The molecule has 3 heterocycles. The number of hydrogen-bond acceptors (Lipinski definition) is 8. The van der Waals surface area contributed by atoms with Crippen LogP contribution in [0.1, 0.15) is 39.8 Å². The Morgan fingerprint density at radius 3 is 2.77 bits per heavy atom. The topological polar surface area (TPSA) is 91.0 Å². The Hall–Kier alpha value is -3.46. The molecule has 7 nitrogen and oxygen atoms in total. The Labute approximate surface area is 175 Å². The predicted molar refractivity (Wildman–Crippen MR) is 108 cm³/mol. The number of pyridine rings is 1. The van der Waals surface area contributed by atoms with Gasteiger partial charge in [0.05, 0.1) is 11.4 Å². The van der Waals surface area contributed by atoms with Crippen molar-refractivity contribution in [2.24, 2.45) is 0 Å². The Balaban J connectivity index is 1.50. The van der Waals surface area contributed by atoms with Crippen LogP contribution in [-0.4, -0.2) is 26.1 Å². The van der Waals surface area contributed by atoms with E-state index in [1.165, 1.54) is 17.4 Å². The third-order valence-electron chi connectivity index (χ3n) is 4.37. The molecule has 0 saturated heterocycles. The van der Waals surface area contributed by atoms with Gasteiger partial charge < -0.3 is 9.26 Å². The number of thiazole rings is 1. The highest BCUT2D eigenvalue weighted by Gasteiger charge is 2.24. The number of halogens is 1. The maximum absolute atomic E-state index is 13.8. The summed E-state index contributed by atoms with van der Waals surface area (Å²) in [5.41, 5.74) is 2.24. The van der Waals surface area contributed by atoms with Crippen molar-refractivity contribution < 1.29 is 18.4 Å². The van der Waals surface area contributed by atoms with E-state index >= 15 is 0 Å². The Morgan fingerprint density at radius 1 is 1.20 bits per heavy atom. The van der Waals surface area contributed by atoms with Crippen LogP contribution in [0.3, 0.4) is 0 Å². The van der Waals surface area contributed by atoms with Crippen molar-refractivity contribution in [2.75, 3.05) is 0 Å². The number of rotatable bonds is 5. The number of hydrogen-bond donors (Lipinski definition) is 0. The molecular formula is C21H17FN4O3S. The van der Waals surface area contributed by atoms with Crippen molar-refractivity contribution >= 4 is 17.3 Å². The number of carbonyl (C=O) groups is 1. The van der Waals surface area contributed by atoms with Gasteiger partial charge in [-0.05, 0) is 44.5 Å². The Kier molecular flexibility index (Phi) is 5.37. The van der Waals surface area contributed by atoms with Gasteiger partial charge in [0.25, 0.3) is 5.89 Å². The second-order valence-electron chi connectivity index (χ2n) is 6.62. The lowest BCUT2D eigenvalue weighted by molar-refractivity contribution is 0.0270. The molecule has 4 rings (SSSR count). The molecule has 1 atom stereocenters. The number of aromatic nitrogens is 4. The van der Waals surface area contributed by atoms with E-state index in [1.807, 2.05) is 18.2 Å². The third-order valence-corrected chi connectivity index (χ3v) is 5.53. The van der Waals surface area contributed by atoms with Crippen LogP contribution in [-0.2, 0) is 4.74 Å². The highest BCUT2D eigenvalue weighted by Crippen LogP contribution is 2.29. The summed E-state index contributed by atoms with van der Waals surface area (Å²) < 4.78 is 24.5. The normalized spacial score (nSPS) is 12.0. The molecule has 1 aromatic carbocycles. The van der Waals surface area contributed by atoms with Gasteiger partial charge >= 0.3 is 5.97 Å². The monoisotopic (exact) mass is 424 g/mol. The zero-order chi connectivity index (χ0) is 21.3. The zero-order valence-corrected chi connectivity index (χ0v) is 17.2. The lowest BCUT2D eigenvalue weighted by Crippen LogP contribution is -2.09. The highest BCUT2D eigenvalue weighted by molar-refractivity contribution is 7.17. The van der Waals surface area contributed by atoms with Crippen LogP contribution >= 0.6 is 11.3 Å². The number of aryl methyl sites for hydroxylation is 2. The molecule has 0 unspecified atom stereocenters. The summed E-state index contributed by atoms with van der Waals surface area (Å²) in [5, 5.41) is 4.49. The van der Waals surface area contributed by atoms with Gasteiger partial charge in [-0.2, -0.15) is 4.98 Å². The molecule has 30 heavy (non-hydrogen) atoms. The van der Waals surface area contributed by atoms with E-state index in [0.29, 0.717) is 32.4 Å². The largest absolute Gasteiger partial charge is 0.448 e. The van der Waals surface area contributed by atoms with E-state index in [0.717, 1.165) is 0 Å². The van der Waals surface area contributed by atoms with Gasteiger partial charge in [0.15, 0.2) is 6.10 Å². The first-order valence-electron chi connectivity index (χ1n) is 9.12. The van der Waals surface area contributed by atoms with E-state index in [-0.39, 0.29) is 17.5 Å². The summed E-state index contributed by atoms with van der Waals surface area (Å²) in [7, 11) is 0. The molecule has 0 saturated carbocycles. The highest BCUT2D eigenvalue weighted by atomic mass is 32.1. The van der Waals surface area contributed by atoms with Gasteiger partial charge in [-0.3, -0.25) is 4.98 Å². The number of esters is 1. The lowest BCUT2D eigenvalue weighted by Gasteiger charge is -2.07. The van der Waals surface area contributed by atoms with Gasteiger partial charge in [0.2, 0.25) is 5.82 Å². The molecule has 0 N–H and O–H groups in total. The van der Waals surface area contributed by atoms with Crippen LogP contribution in [0.2, 0.25) is 0 Å². The fraction of sp³-hybridized carbons (Fsp3) is 0.190. The molecular weight excluding hydrogens is 407 g/mol. The van der Waals surface area contributed by atoms with Crippen LogP contribution < -0.4 is 0 Å². The molecule has 0 radical (unpaired) electrons. The Bertz CT molecular complexity index is 1210. The van der Waals surface area contributed by atoms with Gasteiger partial charge in [-0.1, -0.05) is 23.4 Å². The number of nitrogens with zero attached hydrogens (tertiary/aromatic N) is 4.